The molecule has 0 bridgehead atoms. The molecule has 27 heavy (non-hydrogen) atoms. The number of benzene rings is 1. The molecule has 0 saturated carbocycles. The fourth-order valence-corrected chi connectivity index (χ4v) is 3.05. The van der Waals surface area contributed by atoms with E-state index in [1.165, 1.54) is 10.9 Å². The highest BCUT2D eigenvalue weighted by Gasteiger charge is 2.20. The van der Waals surface area contributed by atoms with E-state index < -0.39 is 11.9 Å². The average Bonchev–Trinajstić information content (AvgIpc) is 2.63. The van der Waals surface area contributed by atoms with Gasteiger partial charge in [-0.15, -0.1) is 0 Å². The topological polar surface area (TPSA) is 100 Å². The van der Waals surface area contributed by atoms with Crippen molar-refractivity contribution in [2.75, 3.05) is 6.61 Å². The Kier molecular flexibility index (Phi) is 5.71. The Balaban J connectivity index is 1.74. The van der Waals surface area contributed by atoms with E-state index in [9.17, 15) is 9.59 Å². The number of ether oxygens (including phenoxy) is 1. The van der Waals surface area contributed by atoms with Gasteiger partial charge < -0.3 is 10.5 Å². The molecule has 0 fully saturated rings. The Morgan fingerprint density at radius 3 is 2.89 bits per heavy atom. The summed E-state index contributed by atoms with van der Waals surface area (Å²) in [5.74, 6) is 0.0532. The molecule has 1 aromatic carbocycles. The summed E-state index contributed by atoms with van der Waals surface area (Å²) in [5, 5.41) is 0.993. The number of nitrogens with zero attached hydrogens (tertiary/aromatic N) is 3. The maximum Gasteiger partial charge on any atom is 0.262 e. The summed E-state index contributed by atoms with van der Waals surface area (Å²) in [6.45, 7) is 2.14. The second kappa shape index (κ2) is 8.18. The van der Waals surface area contributed by atoms with Crippen LogP contribution in [0.25, 0.3) is 10.9 Å². The van der Waals surface area contributed by atoms with Gasteiger partial charge in [0.1, 0.15) is 11.8 Å². The number of nitrogens with two attached hydrogens (primary N) is 1. The maximum absolute atomic E-state index is 12.8. The van der Waals surface area contributed by atoms with Crippen LogP contribution in [0.1, 0.15) is 24.6 Å². The number of hydrogen-bond acceptors (Lipinski definition) is 5. The third-order valence-corrected chi connectivity index (χ3v) is 4.47. The van der Waals surface area contributed by atoms with E-state index in [1.54, 1.807) is 43.5 Å². The Labute approximate surface area is 160 Å². The molecule has 1 amide bonds. The molecule has 0 aliphatic carbocycles. The number of aryl methyl sites for hydroxylation is 1. The third kappa shape index (κ3) is 4.25. The van der Waals surface area contributed by atoms with Crippen molar-refractivity contribution in [3.8, 4) is 5.75 Å². The Morgan fingerprint density at radius 1 is 1.33 bits per heavy atom. The minimum Gasteiger partial charge on any atom is -0.494 e. The molecule has 2 heterocycles. The predicted octanol–water partition coefficient (Wildman–Crippen LogP) is 2.64. The summed E-state index contributed by atoms with van der Waals surface area (Å²) in [6.07, 6.45) is 3.78. The number of hydrogen-bond donors (Lipinski definition) is 1. The van der Waals surface area contributed by atoms with E-state index >= 15 is 0 Å². The number of fused-ring (bicyclic) bond motifs is 1. The minimum absolute atomic E-state index is 0.315. The van der Waals surface area contributed by atoms with E-state index in [1.807, 2.05) is 0 Å². The first-order chi connectivity index (χ1) is 13.0. The first-order valence-corrected chi connectivity index (χ1v) is 8.85. The number of carbonyl (C=O) groups is 1. The van der Waals surface area contributed by atoms with E-state index in [0.717, 1.165) is 0 Å². The molecule has 0 radical (unpaired) electrons. The summed E-state index contributed by atoms with van der Waals surface area (Å²) in [5.41, 5.74) is 6.39. The number of aromatic nitrogens is 3. The largest absolute Gasteiger partial charge is 0.494 e. The Morgan fingerprint density at radius 2 is 2.15 bits per heavy atom. The SMILES string of the molecule is Cc1nccc2c(=O)n(C(CCCOc3cccc(Cl)c3)C(N)=O)cnc12. The second-order valence-corrected chi connectivity index (χ2v) is 6.55. The molecule has 3 aromatic rings. The van der Waals surface area contributed by atoms with Crippen molar-refractivity contribution < 1.29 is 9.53 Å². The summed E-state index contributed by atoms with van der Waals surface area (Å²) >= 11 is 5.92. The number of halogens is 1. The highest BCUT2D eigenvalue weighted by Crippen LogP contribution is 2.19. The zero-order chi connectivity index (χ0) is 19.4. The van der Waals surface area contributed by atoms with Crippen LogP contribution in [-0.4, -0.2) is 27.0 Å². The molecule has 140 valence electrons. The molecule has 7 nitrogen and oxygen atoms in total. The van der Waals surface area contributed by atoms with Gasteiger partial charge in [-0.05, 0) is 44.0 Å². The first kappa shape index (κ1) is 18.8. The number of carbonyl (C=O) groups excluding carboxylic acids is 1. The lowest BCUT2D eigenvalue weighted by Gasteiger charge is -2.17. The van der Waals surface area contributed by atoms with Gasteiger partial charge in [-0.3, -0.25) is 19.1 Å². The van der Waals surface area contributed by atoms with Gasteiger partial charge in [0.05, 0.1) is 29.5 Å². The molecule has 0 saturated heterocycles. The molecule has 2 N–H and O–H groups in total. The molecule has 8 heteroatoms. The third-order valence-electron chi connectivity index (χ3n) is 4.23. The van der Waals surface area contributed by atoms with Crippen LogP contribution >= 0.6 is 11.6 Å². The minimum atomic E-state index is -0.800. The van der Waals surface area contributed by atoms with Crippen molar-refractivity contribution in [3.63, 3.8) is 0 Å². The molecule has 1 atom stereocenters. The number of amides is 1. The van der Waals surface area contributed by atoms with Gasteiger partial charge in [0.25, 0.3) is 5.56 Å². The summed E-state index contributed by atoms with van der Waals surface area (Å²) < 4.78 is 6.90. The normalized spacial score (nSPS) is 12.1. The highest BCUT2D eigenvalue weighted by atomic mass is 35.5. The van der Waals surface area contributed by atoms with Gasteiger partial charge in [-0.25, -0.2) is 4.98 Å². The Bertz CT molecular complexity index is 1030. The van der Waals surface area contributed by atoms with Crippen LogP contribution in [0.15, 0.2) is 47.7 Å². The number of pyridine rings is 1. The summed E-state index contributed by atoms with van der Waals surface area (Å²) in [4.78, 5) is 33.1. The first-order valence-electron chi connectivity index (χ1n) is 8.47. The van der Waals surface area contributed by atoms with Gasteiger partial charge in [0.15, 0.2) is 0 Å². The van der Waals surface area contributed by atoms with Crippen LogP contribution in [0.2, 0.25) is 5.02 Å². The fourth-order valence-electron chi connectivity index (χ4n) is 2.87. The summed E-state index contributed by atoms with van der Waals surface area (Å²) in [7, 11) is 0. The zero-order valence-electron chi connectivity index (χ0n) is 14.8. The van der Waals surface area contributed by atoms with Crippen LogP contribution in [-0.2, 0) is 4.79 Å². The lowest BCUT2D eigenvalue weighted by atomic mass is 10.1. The Hall–Kier alpha value is -2.93. The number of primary amides is 1. The molecule has 1 unspecified atom stereocenters. The molecule has 0 aliphatic rings. The van der Waals surface area contributed by atoms with Crippen molar-refractivity contribution in [3.05, 3.63) is 63.9 Å². The van der Waals surface area contributed by atoms with Crippen LogP contribution in [0.4, 0.5) is 0 Å². The van der Waals surface area contributed by atoms with Crippen LogP contribution in [0, 0.1) is 6.92 Å². The van der Waals surface area contributed by atoms with Gasteiger partial charge in [-0.2, -0.15) is 0 Å². The molecule has 0 spiro atoms. The highest BCUT2D eigenvalue weighted by molar-refractivity contribution is 6.30. The van der Waals surface area contributed by atoms with Crippen molar-refractivity contribution in [1.82, 2.24) is 14.5 Å². The van der Waals surface area contributed by atoms with Gasteiger partial charge in [0, 0.05) is 11.2 Å². The van der Waals surface area contributed by atoms with Crippen molar-refractivity contribution in [2.45, 2.75) is 25.8 Å². The molecule has 0 aliphatic heterocycles. The average molecular weight is 387 g/mol. The van der Waals surface area contributed by atoms with E-state index in [0.29, 0.717) is 46.8 Å². The molecule has 2 aromatic heterocycles. The fraction of sp³-hybridized carbons (Fsp3) is 0.263. The lowest BCUT2D eigenvalue weighted by molar-refractivity contribution is -0.121. The monoisotopic (exact) mass is 386 g/mol. The predicted molar refractivity (Wildman–Crippen MR) is 103 cm³/mol. The van der Waals surface area contributed by atoms with Gasteiger partial charge in [0.2, 0.25) is 5.91 Å². The van der Waals surface area contributed by atoms with Crippen molar-refractivity contribution in [1.29, 1.82) is 0 Å². The molecular weight excluding hydrogens is 368 g/mol. The smallest absolute Gasteiger partial charge is 0.262 e. The van der Waals surface area contributed by atoms with E-state index in [2.05, 4.69) is 9.97 Å². The van der Waals surface area contributed by atoms with E-state index in [-0.39, 0.29) is 5.56 Å². The van der Waals surface area contributed by atoms with Crippen LogP contribution in [0.5, 0.6) is 5.75 Å². The zero-order valence-corrected chi connectivity index (χ0v) is 15.5. The second-order valence-electron chi connectivity index (χ2n) is 6.12. The standard InChI is InChI=1S/C19H19ClN4O3/c1-12-17-15(7-8-22-12)19(26)24(11-23-17)16(18(21)25)6-3-9-27-14-5-2-4-13(20)10-14/h2,4-5,7-8,10-11,16H,3,6,9H2,1H3,(H2,21,25). The maximum atomic E-state index is 12.8. The van der Waals surface area contributed by atoms with Crippen molar-refractivity contribution in [2.24, 2.45) is 5.73 Å². The summed E-state index contributed by atoms with van der Waals surface area (Å²) in [6, 6.07) is 7.85. The van der Waals surface area contributed by atoms with Crippen molar-refractivity contribution >= 4 is 28.4 Å². The lowest BCUT2D eigenvalue weighted by Crippen LogP contribution is -2.34. The van der Waals surface area contributed by atoms with Crippen LogP contribution in [0.3, 0.4) is 0 Å². The number of rotatable bonds is 7. The molecular formula is C19H19ClN4O3. The van der Waals surface area contributed by atoms with Gasteiger partial charge >= 0.3 is 0 Å². The van der Waals surface area contributed by atoms with Crippen LogP contribution < -0.4 is 16.0 Å². The van der Waals surface area contributed by atoms with E-state index in [4.69, 9.17) is 22.1 Å². The molecule has 3 rings (SSSR count). The quantitative estimate of drug-likeness (QED) is 0.629. The van der Waals surface area contributed by atoms with Gasteiger partial charge in [-0.1, -0.05) is 17.7 Å².